The first-order valence-corrected chi connectivity index (χ1v) is 2.50. The second-order valence-electron chi connectivity index (χ2n) is 1.80. The standard InChI is InChI=1S/C5H7F2N/c6-5(7)1-3-8-4-2-5/h1,3,8H,2,4H2. The summed E-state index contributed by atoms with van der Waals surface area (Å²) in [6.07, 6.45) is 2.10. The van der Waals surface area contributed by atoms with Crippen molar-refractivity contribution in [1.82, 2.24) is 5.32 Å². The fourth-order valence-corrected chi connectivity index (χ4v) is 0.586. The van der Waals surface area contributed by atoms with E-state index >= 15 is 0 Å². The third kappa shape index (κ3) is 1.18. The van der Waals surface area contributed by atoms with E-state index in [1.165, 1.54) is 6.20 Å². The van der Waals surface area contributed by atoms with Gasteiger partial charge in [-0.1, -0.05) is 0 Å². The summed E-state index contributed by atoms with van der Waals surface area (Å²) in [5.41, 5.74) is 0. The molecule has 1 aliphatic heterocycles. The van der Waals surface area contributed by atoms with E-state index in [1.807, 2.05) is 0 Å². The molecule has 1 rings (SSSR count). The molecule has 0 spiro atoms. The van der Waals surface area contributed by atoms with Crippen molar-refractivity contribution in [3.8, 4) is 0 Å². The fourth-order valence-electron chi connectivity index (χ4n) is 0.586. The normalized spacial score (nSPS) is 24.8. The molecule has 0 atom stereocenters. The predicted octanol–water partition coefficient (Wildman–Crippen LogP) is 1.13. The Morgan fingerprint density at radius 3 is 2.50 bits per heavy atom. The number of hydrogen-bond acceptors (Lipinski definition) is 1. The van der Waals surface area contributed by atoms with E-state index < -0.39 is 5.92 Å². The number of nitrogens with one attached hydrogen (secondary N) is 1. The topological polar surface area (TPSA) is 12.0 Å². The van der Waals surface area contributed by atoms with Gasteiger partial charge in [0.1, 0.15) is 0 Å². The lowest BCUT2D eigenvalue weighted by molar-refractivity contribution is 0.0416. The van der Waals surface area contributed by atoms with E-state index in [2.05, 4.69) is 5.32 Å². The zero-order valence-electron chi connectivity index (χ0n) is 4.32. The second-order valence-corrected chi connectivity index (χ2v) is 1.80. The van der Waals surface area contributed by atoms with Crippen LogP contribution in [0.25, 0.3) is 0 Å². The molecule has 0 amide bonds. The van der Waals surface area contributed by atoms with Crippen LogP contribution >= 0.6 is 0 Å². The smallest absolute Gasteiger partial charge is 0.269 e. The summed E-state index contributed by atoms with van der Waals surface area (Å²) in [7, 11) is 0. The molecule has 0 aromatic carbocycles. The summed E-state index contributed by atoms with van der Waals surface area (Å²) < 4.78 is 24.2. The molecular weight excluding hydrogens is 112 g/mol. The Kier molecular flexibility index (Phi) is 1.19. The molecular formula is C5H7F2N. The monoisotopic (exact) mass is 119 g/mol. The first kappa shape index (κ1) is 5.54. The van der Waals surface area contributed by atoms with Crippen LogP contribution < -0.4 is 5.32 Å². The highest BCUT2D eigenvalue weighted by Crippen LogP contribution is 2.20. The number of allylic oxidation sites excluding steroid dienone is 1. The molecule has 1 heterocycles. The van der Waals surface area contributed by atoms with Crippen LogP contribution in [0.5, 0.6) is 0 Å². The van der Waals surface area contributed by atoms with Gasteiger partial charge in [0.2, 0.25) is 0 Å². The van der Waals surface area contributed by atoms with Crippen molar-refractivity contribution in [3.05, 3.63) is 12.3 Å². The van der Waals surface area contributed by atoms with E-state index in [1.54, 1.807) is 0 Å². The van der Waals surface area contributed by atoms with Gasteiger partial charge < -0.3 is 5.32 Å². The highest BCUT2D eigenvalue weighted by atomic mass is 19.3. The molecule has 1 N–H and O–H groups in total. The Bertz CT molecular complexity index is 109. The molecule has 0 unspecified atom stereocenters. The molecule has 3 heteroatoms. The maximum absolute atomic E-state index is 12.1. The van der Waals surface area contributed by atoms with Crippen LogP contribution in [0.2, 0.25) is 0 Å². The number of halogens is 2. The highest BCUT2D eigenvalue weighted by Gasteiger charge is 2.25. The lowest BCUT2D eigenvalue weighted by Crippen LogP contribution is -2.25. The molecule has 0 saturated heterocycles. The van der Waals surface area contributed by atoms with Gasteiger partial charge in [0.05, 0.1) is 0 Å². The molecule has 0 radical (unpaired) electrons. The van der Waals surface area contributed by atoms with E-state index in [0.29, 0.717) is 6.54 Å². The van der Waals surface area contributed by atoms with E-state index in [9.17, 15) is 8.78 Å². The van der Waals surface area contributed by atoms with Crippen LogP contribution in [0.4, 0.5) is 8.78 Å². The third-order valence-corrected chi connectivity index (χ3v) is 1.05. The number of alkyl halides is 2. The van der Waals surface area contributed by atoms with Gasteiger partial charge in [-0.15, -0.1) is 0 Å². The first-order valence-electron chi connectivity index (χ1n) is 2.50. The molecule has 0 saturated carbocycles. The largest absolute Gasteiger partial charge is 0.391 e. The molecule has 0 bridgehead atoms. The van der Waals surface area contributed by atoms with Crippen molar-refractivity contribution in [1.29, 1.82) is 0 Å². The highest BCUT2D eigenvalue weighted by molar-refractivity contribution is 4.97. The molecule has 0 aromatic rings. The molecule has 8 heavy (non-hydrogen) atoms. The SMILES string of the molecule is FC1(F)C=CNCC1. The average molecular weight is 119 g/mol. The van der Waals surface area contributed by atoms with Crippen molar-refractivity contribution in [3.63, 3.8) is 0 Å². The lowest BCUT2D eigenvalue weighted by atomic mass is 10.2. The Morgan fingerprint density at radius 1 is 1.50 bits per heavy atom. The van der Waals surface area contributed by atoms with Crippen LogP contribution in [0, 0.1) is 0 Å². The van der Waals surface area contributed by atoms with E-state index in [0.717, 1.165) is 6.08 Å². The molecule has 1 aliphatic rings. The molecule has 1 nitrogen and oxygen atoms in total. The van der Waals surface area contributed by atoms with Gasteiger partial charge >= 0.3 is 0 Å². The quantitative estimate of drug-likeness (QED) is 0.504. The summed E-state index contributed by atoms with van der Waals surface area (Å²) in [6, 6.07) is 0. The lowest BCUT2D eigenvalue weighted by Gasteiger charge is -2.15. The molecule has 0 aromatic heterocycles. The number of hydrogen-bond donors (Lipinski definition) is 1. The van der Waals surface area contributed by atoms with Crippen molar-refractivity contribution in [2.45, 2.75) is 12.3 Å². The summed E-state index contributed by atoms with van der Waals surface area (Å²) in [4.78, 5) is 0. The molecule has 0 aliphatic carbocycles. The summed E-state index contributed by atoms with van der Waals surface area (Å²) in [5.74, 6) is -2.56. The minimum Gasteiger partial charge on any atom is -0.391 e. The predicted molar refractivity (Wildman–Crippen MR) is 26.7 cm³/mol. The van der Waals surface area contributed by atoms with Gasteiger partial charge in [-0.05, 0) is 6.20 Å². The second kappa shape index (κ2) is 1.73. The maximum Gasteiger partial charge on any atom is 0.269 e. The Hall–Kier alpha value is -0.600. The summed E-state index contributed by atoms with van der Waals surface area (Å²) >= 11 is 0. The zero-order valence-corrected chi connectivity index (χ0v) is 4.32. The Morgan fingerprint density at radius 2 is 2.25 bits per heavy atom. The van der Waals surface area contributed by atoms with Crippen LogP contribution in [0.3, 0.4) is 0 Å². The van der Waals surface area contributed by atoms with Crippen molar-refractivity contribution >= 4 is 0 Å². The van der Waals surface area contributed by atoms with Gasteiger partial charge in [0.15, 0.2) is 0 Å². The number of rotatable bonds is 0. The van der Waals surface area contributed by atoms with Gasteiger partial charge in [0, 0.05) is 19.0 Å². The van der Waals surface area contributed by atoms with Gasteiger partial charge in [-0.2, -0.15) is 0 Å². The molecule has 0 fully saturated rings. The van der Waals surface area contributed by atoms with Crippen molar-refractivity contribution < 1.29 is 8.78 Å². The van der Waals surface area contributed by atoms with Crippen LogP contribution in [-0.4, -0.2) is 12.5 Å². The van der Waals surface area contributed by atoms with Gasteiger partial charge in [0.25, 0.3) is 5.92 Å². The summed E-state index contributed by atoms with van der Waals surface area (Å²) in [6.45, 7) is 0.378. The van der Waals surface area contributed by atoms with Crippen LogP contribution in [0.1, 0.15) is 6.42 Å². The van der Waals surface area contributed by atoms with E-state index in [-0.39, 0.29) is 6.42 Å². The fraction of sp³-hybridized carbons (Fsp3) is 0.600. The van der Waals surface area contributed by atoms with Crippen LogP contribution in [0.15, 0.2) is 12.3 Å². The van der Waals surface area contributed by atoms with Gasteiger partial charge in [-0.3, -0.25) is 0 Å². The minimum absolute atomic E-state index is 0.0799. The third-order valence-electron chi connectivity index (χ3n) is 1.05. The first-order chi connectivity index (χ1) is 3.71. The van der Waals surface area contributed by atoms with Crippen molar-refractivity contribution in [2.24, 2.45) is 0 Å². The van der Waals surface area contributed by atoms with Crippen molar-refractivity contribution in [2.75, 3.05) is 6.54 Å². The van der Waals surface area contributed by atoms with E-state index in [4.69, 9.17) is 0 Å². The maximum atomic E-state index is 12.1. The average Bonchev–Trinajstić information content (AvgIpc) is 1.65. The van der Waals surface area contributed by atoms with Crippen LogP contribution in [-0.2, 0) is 0 Å². The Labute approximate surface area is 46.4 Å². The minimum atomic E-state index is -2.56. The molecule has 46 valence electrons. The summed E-state index contributed by atoms with van der Waals surface area (Å²) in [5, 5.41) is 2.68. The zero-order chi connectivity index (χ0) is 6.04. The van der Waals surface area contributed by atoms with Gasteiger partial charge in [-0.25, -0.2) is 8.78 Å². The Balaban J connectivity index is 2.56.